The van der Waals surface area contributed by atoms with Gasteiger partial charge in [0.05, 0.1) is 18.4 Å². The van der Waals surface area contributed by atoms with Crippen molar-refractivity contribution in [3.05, 3.63) is 59.3 Å². The molecule has 3 aromatic rings. The highest BCUT2D eigenvalue weighted by atomic mass is 31.0. The number of pyridine rings is 1. The van der Waals surface area contributed by atoms with Gasteiger partial charge in [-0.05, 0) is 38.5 Å². The number of carbonyl (C=O) groups excluding carboxylic acids is 1. The number of nitrogens with zero attached hydrogens (tertiary/aromatic N) is 4. The van der Waals surface area contributed by atoms with Gasteiger partial charge in [0, 0.05) is 47.5 Å². The van der Waals surface area contributed by atoms with Gasteiger partial charge in [-0.2, -0.15) is 0 Å². The van der Waals surface area contributed by atoms with Gasteiger partial charge in [-0.3, -0.25) is 4.79 Å². The second-order valence-electron chi connectivity index (χ2n) is 8.73. The van der Waals surface area contributed by atoms with Crippen molar-refractivity contribution in [2.45, 2.75) is 32.3 Å². The van der Waals surface area contributed by atoms with E-state index in [0.717, 1.165) is 30.8 Å². The Hall–Kier alpha value is -3.12. The van der Waals surface area contributed by atoms with Gasteiger partial charge in [-0.25, -0.2) is 19.3 Å². The first-order valence-corrected chi connectivity index (χ1v) is 11.2. The Morgan fingerprint density at radius 1 is 1.21 bits per heavy atom. The molecule has 1 N–H and O–H groups in total. The minimum Gasteiger partial charge on any atom is -0.467 e. The summed E-state index contributed by atoms with van der Waals surface area (Å²) in [6, 6.07) is 6.92. The summed E-state index contributed by atoms with van der Waals surface area (Å²) >= 11 is 0. The predicted molar refractivity (Wildman–Crippen MR) is 131 cm³/mol. The summed E-state index contributed by atoms with van der Waals surface area (Å²) in [7, 11) is 4.35. The molecule has 172 valence electrons. The molecule has 0 radical (unpaired) electrons. The molecule has 0 spiro atoms. The van der Waals surface area contributed by atoms with Crippen LogP contribution in [0.2, 0.25) is 0 Å². The van der Waals surface area contributed by atoms with Crippen LogP contribution < -0.4 is 15.0 Å². The second-order valence-corrected chi connectivity index (χ2v) is 10.1. The van der Waals surface area contributed by atoms with Gasteiger partial charge in [0.15, 0.2) is 5.82 Å². The first kappa shape index (κ1) is 23.1. The van der Waals surface area contributed by atoms with Crippen molar-refractivity contribution in [1.82, 2.24) is 15.0 Å². The Balaban J connectivity index is 1.84. The van der Waals surface area contributed by atoms with Gasteiger partial charge in [0.1, 0.15) is 5.82 Å². The molecule has 7 nitrogen and oxygen atoms in total. The van der Waals surface area contributed by atoms with Crippen LogP contribution in [0.5, 0.6) is 6.01 Å². The van der Waals surface area contributed by atoms with E-state index >= 15 is 0 Å². The van der Waals surface area contributed by atoms with Gasteiger partial charge < -0.3 is 15.0 Å². The maximum Gasteiger partial charge on any atom is 0.316 e. The van der Waals surface area contributed by atoms with Crippen LogP contribution in [0.15, 0.2) is 36.7 Å². The Kier molecular flexibility index (Phi) is 6.30. The first-order valence-electron chi connectivity index (χ1n) is 10.7. The summed E-state index contributed by atoms with van der Waals surface area (Å²) in [5.74, 6) is -0.149. The molecule has 0 bridgehead atoms. The fourth-order valence-corrected chi connectivity index (χ4v) is 4.31. The maximum absolute atomic E-state index is 15.0. The van der Waals surface area contributed by atoms with Crippen LogP contribution in [-0.2, 0) is 0 Å². The van der Waals surface area contributed by atoms with Crippen LogP contribution in [0.1, 0.15) is 35.0 Å². The van der Waals surface area contributed by atoms with Gasteiger partial charge >= 0.3 is 6.01 Å². The number of carbonyl (C=O) groups is 1. The number of ether oxygens (including phenoxy) is 1. The molecule has 1 aliphatic heterocycles. The van der Waals surface area contributed by atoms with E-state index in [1.165, 1.54) is 25.6 Å². The van der Waals surface area contributed by atoms with Crippen molar-refractivity contribution in [2.24, 2.45) is 0 Å². The number of aryl methyl sites for hydroxylation is 2. The number of rotatable bonds is 5. The topological polar surface area (TPSA) is 80.2 Å². The summed E-state index contributed by atoms with van der Waals surface area (Å²) in [6.07, 6.45) is 3.75. The minimum atomic E-state index is -0.410. The van der Waals surface area contributed by atoms with E-state index in [9.17, 15) is 9.18 Å². The third kappa shape index (κ3) is 4.96. The standard InChI is InChI=1S/C24H27FN5O2P/c1-14-5-6-19(25)17(9-14)18-10-15(2)28-21(30-8-7-24(3,33)13-30)20(18)29-22(31)16-11-26-23(32-4)27-12-16/h5-6,9-12H,7-8,13,33H2,1-4H3,(H,29,31). The van der Waals surface area contributed by atoms with Crippen molar-refractivity contribution in [3.63, 3.8) is 0 Å². The molecule has 2 atom stereocenters. The summed E-state index contributed by atoms with van der Waals surface area (Å²) in [5, 5.41) is 3.01. The van der Waals surface area contributed by atoms with Crippen LogP contribution in [0.3, 0.4) is 0 Å². The normalized spacial score (nSPS) is 17.8. The SMILES string of the molecule is COc1ncc(C(=O)Nc2c(-c3cc(C)ccc3F)cc(C)nc2N2CCC(C)(P)C2)cn1. The number of nitrogens with one attached hydrogen (secondary N) is 1. The van der Waals surface area contributed by atoms with E-state index in [1.54, 1.807) is 18.2 Å². The molecule has 0 saturated carbocycles. The van der Waals surface area contributed by atoms with Crippen molar-refractivity contribution in [1.29, 1.82) is 0 Å². The number of aromatic nitrogens is 3. The van der Waals surface area contributed by atoms with Gasteiger partial charge in [0.25, 0.3) is 5.91 Å². The number of halogens is 1. The number of amides is 1. The molecule has 2 aromatic heterocycles. The lowest BCUT2D eigenvalue weighted by atomic mass is 10.0. The molecule has 9 heteroatoms. The summed E-state index contributed by atoms with van der Waals surface area (Å²) < 4.78 is 19.9. The number of hydrogen-bond donors (Lipinski definition) is 1. The number of anilines is 2. The van der Waals surface area contributed by atoms with E-state index < -0.39 is 5.91 Å². The van der Waals surface area contributed by atoms with Crippen molar-refractivity contribution in [2.75, 3.05) is 30.4 Å². The predicted octanol–water partition coefficient (Wildman–Crippen LogP) is 4.40. The highest BCUT2D eigenvalue weighted by molar-refractivity contribution is 7.19. The zero-order chi connectivity index (χ0) is 23.8. The fourth-order valence-electron chi connectivity index (χ4n) is 3.96. The lowest BCUT2D eigenvalue weighted by molar-refractivity contribution is 0.102. The monoisotopic (exact) mass is 467 g/mol. The molecule has 3 heterocycles. The Bertz CT molecular complexity index is 1200. The minimum absolute atomic E-state index is 0.0330. The van der Waals surface area contributed by atoms with E-state index in [1.807, 2.05) is 13.8 Å². The van der Waals surface area contributed by atoms with Crippen molar-refractivity contribution >= 4 is 26.7 Å². The van der Waals surface area contributed by atoms with Gasteiger partial charge in [0.2, 0.25) is 0 Å². The molecule has 1 amide bonds. The van der Waals surface area contributed by atoms with Crippen LogP contribution in [0, 0.1) is 19.7 Å². The molecule has 1 aromatic carbocycles. The Morgan fingerprint density at radius 3 is 2.58 bits per heavy atom. The molecule has 33 heavy (non-hydrogen) atoms. The summed E-state index contributed by atoms with van der Waals surface area (Å²) in [5.41, 5.74) is 3.38. The Labute approximate surface area is 195 Å². The lowest BCUT2D eigenvalue weighted by Gasteiger charge is -2.25. The maximum atomic E-state index is 15.0. The Morgan fingerprint density at radius 2 is 1.94 bits per heavy atom. The molecule has 1 aliphatic rings. The van der Waals surface area contributed by atoms with Gasteiger partial charge in [-0.1, -0.05) is 18.6 Å². The molecule has 0 aliphatic carbocycles. The second kappa shape index (κ2) is 9.02. The highest BCUT2D eigenvalue weighted by Crippen LogP contribution is 2.41. The van der Waals surface area contributed by atoms with Gasteiger partial charge in [-0.15, -0.1) is 9.24 Å². The van der Waals surface area contributed by atoms with E-state index in [0.29, 0.717) is 22.6 Å². The average molecular weight is 467 g/mol. The van der Waals surface area contributed by atoms with E-state index in [4.69, 9.17) is 9.72 Å². The van der Waals surface area contributed by atoms with Crippen LogP contribution in [0.25, 0.3) is 11.1 Å². The third-order valence-electron chi connectivity index (χ3n) is 5.66. The van der Waals surface area contributed by atoms with Crippen LogP contribution in [-0.4, -0.2) is 46.2 Å². The first-order chi connectivity index (χ1) is 15.7. The van der Waals surface area contributed by atoms with Crippen LogP contribution >= 0.6 is 9.24 Å². The van der Waals surface area contributed by atoms with E-state index in [-0.39, 0.29) is 22.5 Å². The fraction of sp³-hybridized carbons (Fsp3) is 0.333. The molecule has 1 saturated heterocycles. The largest absolute Gasteiger partial charge is 0.467 e. The highest BCUT2D eigenvalue weighted by Gasteiger charge is 2.33. The van der Waals surface area contributed by atoms with Crippen LogP contribution in [0.4, 0.5) is 15.9 Å². The zero-order valence-corrected chi connectivity index (χ0v) is 20.3. The average Bonchev–Trinajstić information content (AvgIpc) is 3.15. The summed E-state index contributed by atoms with van der Waals surface area (Å²) in [6.45, 7) is 7.48. The smallest absolute Gasteiger partial charge is 0.316 e. The molecular formula is C24H27FN5O2P. The molecule has 2 unspecified atom stereocenters. The summed E-state index contributed by atoms with van der Waals surface area (Å²) in [4.78, 5) is 28.1. The van der Waals surface area contributed by atoms with Crippen molar-refractivity contribution < 1.29 is 13.9 Å². The lowest BCUT2D eigenvalue weighted by Crippen LogP contribution is -2.27. The van der Waals surface area contributed by atoms with Crippen molar-refractivity contribution in [3.8, 4) is 17.1 Å². The quantitative estimate of drug-likeness (QED) is 0.561. The molecule has 4 rings (SSSR count). The number of hydrogen-bond acceptors (Lipinski definition) is 6. The number of methoxy groups -OCH3 is 1. The molecular weight excluding hydrogens is 440 g/mol. The zero-order valence-electron chi connectivity index (χ0n) is 19.1. The number of benzene rings is 1. The third-order valence-corrected chi connectivity index (χ3v) is 6.13. The van der Waals surface area contributed by atoms with E-state index in [2.05, 4.69) is 36.3 Å². The molecule has 1 fully saturated rings.